The molecule has 21 heavy (non-hydrogen) atoms. The summed E-state index contributed by atoms with van der Waals surface area (Å²) in [6.45, 7) is 1.42. The smallest absolute Gasteiger partial charge is 0.320 e. The molecule has 0 aliphatic heterocycles. The maximum Gasteiger partial charge on any atom is 0.320 e. The Bertz CT molecular complexity index is 612. The summed E-state index contributed by atoms with van der Waals surface area (Å²) in [5.41, 5.74) is 5.78. The zero-order chi connectivity index (χ0) is 15.8. The predicted molar refractivity (Wildman–Crippen MR) is 77.6 cm³/mol. The number of nitrogens with two attached hydrogens (primary N) is 1. The summed E-state index contributed by atoms with van der Waals surface area (Å²) in [4.78, 5) is 21.4. The molecule has 0 saturated carbocycles. The quantitative estimate of drug-likeness (QED) is 0.851. The second-order valence-electron chi connectivity index (χ2n) is 4.33. The van der Waals surface area contributed by atoms with Gasteiger partial charge in [-0.1, -0.05) is 42.5 Å². The molecule has 0 spiro atoms. The van der Waals surface area contributed by atoms with Crippen molar-refractivity contribution in [1.29, 1.82) is 0 Å². The second kappa shape index (κ2) is 7.91. The third-order valence-electron chi connectivity index (χ3n) is 2.51. The molecule has 0 aromatic heterocycles. The third kappa shape index (κ3) is 5.54. The summed E-state index contributed by atoms with van der Waals surface area (Å²) in [6.07, 6.45) is 0. The average molecular weight is 289 g/mol. The monoisotopic (exact) mass is 289 g/mol. The van der Waals surface area contributed by atoms with Gasteiger partial charge in [0.2, 0.25) is 0 Å². The topological polar surface area (TPSA) is 80.4 Å². The fourth-order valence-corrected chi connectivity index (χ4v) is 1.39. The summed E-state index contributed by atoms with van der Waals surface area (Å²) in [5, 5.41) is 7.87. The highest BCUT2D eigenvalue weighted by Crippen LogP contribution is 2.10. The van der Waals surface area contributed by atoms with Crippen molar-refractivity contribution in [2.24, 2.45) is 5.73 Å². The maximum atomic E-state index is 12.9. The van der Waals surface area contributed by atoms with Crippen LogP contribution in [-0.2, 0) is 4.79 Å². The van der Waals surface area contributed by atoms with Gasteiger partial charge in [0.25, 0.3) is 0 Å². The number of carboxylic acids is 1. The number of carbonyl (C=O) groups is 2. The Hall–Kier alpha value is -2.53. The lowest BCUT2D eigenvalue weighted by Gasteiger charge is -2.00. The molecule has 110 valence electrons. The Morgan fingerprint density at radius 1 is 1.05 bits per heavy atom. The van der Waals surface area contributed by atoms with Crippen molar-refractivity contribution in [3.05, 3.63) is 71.5 Å². The number of ketones is 1. The Kier molecular flexibility index (Phi) is 6.23. The van der Waals surface area contributed by atoms with E-state index >= 15 is 0 Å². The first kappa shape index (κ1) is 16.5. The minimum absolute atomic E-state index is 0.157. The zero-order valence-corrected chi connectivity index (χ0v) is 11.5. The molecule has 1 unspecified atom stereocenters. The molecule has 2 aromatic carbocycles. The van der Waals surface area contributed by atoms with Crippen molar-refractivity contribution in [1.82, 2.24) is 0 Å². The van der Waals surface area contributed by atoms with Gasteiger partial charge in [-0.25, -0.2) is 4.39 Å². The molecule has 0 aliphatic carbocycles. The number of rotatable bonds is 3. The Labute approximate surface area is 122 Å². The Morgan fingerprint density at radius 2 is 1.57 bits per heavy atom. The molecule has 1 atom stereocenters. The molecule has 0 bridgehead atoms. The van der Waals surface area contributed by atoms with Gasteiger partial charge in [0, 0.05) is 11.1 Å². The number of hydrogen-bond donors (Lipinski definition) is 2. The van der Waals surface area contributed by atoms with Crippen molar-refractivity contribution in [3.63, 3.8) is 0 Å². The van der Waals surface area contributed by atoms with E-state index in [0.717, 1.165) is 0 Å². The van der Waals surface area contributed by atoms with Crippen LogP contribution in [0.15, 0.2) is 54.6 Å². The van der Waals surface area contributed by atoms with Crippen LogP contribution in [0.1, 0.15) is 22.8 Å². The standard InChI is InChI=1S/C13H9FO.C3H7NO2/c14-12-8-4-7-11(9-12)13(15)10-5-2-1-3-6-10;1-2(4)3(5)6/h1-9H;2H,4H2,1H3,(H,5,6). The van der Waals surface area contributed by atoms with Crippen LogP contribution in [0.25, 0.3) is 0 Å². The average Bonchev–Trinajstić information content (AvgIpc) is 2.48. The predicted octanol–water partition coefficient (Wildman–Crippen LogP) is 2.47. The van der Waals surface area contributed by atoms with E-state index in [1.807, 2.05) is 6.07 Å². The normalized spacial score (nSPS) is 11.0. The lowest BCUT2D eigenvalue weighted by molar-refractivity contribution is -0.138. The van der Waals surface area contributed by atoms with E-state index in [0.29, 0.717) is 11.1 Å². The van der Waals surface area contributed by atoms with E-state index in [1.54, 1.807) is 30.3 Å². The molecule has 5 heteroatoms. The number of benzene rings is 2. The first-order valence-electron chi connectivity index (χ1n) is 6.25. The van der Waals surface area contributed by atoms with Crippen LogP contribution in [0.5, 0.6) is 0 Å². The number of hydrogen-bond acceptors (Lipinski definition) is 3. The Morgan fingerprint density at radius 3 is 2.05 bits per heavy atom. The van der Waals surface area contributed by atoms with Crippen LogP contribution < -0.4 is 5.73 Å². The molecule has 4 nitrogen and oxygen atoms in total. The lowest BCUT2D eigenvalue weighted by atomic mass is 10.0. The summed E-state index contributed by atoms with van der Waals surface area (Å²) in [6, 6.07) is 13.8. The molecule has 3 N–H and O–H groups in total. The molecule has 0 aliphatic rings. The number of carboxylic acid groups (broad SMARTS) is 1. The molecular formula is C16H16FNO3. The van der Waals surface area contributed by atoms with Crippen molar-refractivity contribution >= 4 is 11.8 Å². The van der Waals surface area contributed by atoms with Crippen LogP contribution in [0.4, 0.5) is 4.39 Å². The van der Waals surface area contributed by atoms with Gasteiger partial charge in [-0.3, -0.25) is 9.59 Å². The molecule has 2 rings (SSSR count). The molecule has 2 aromatic rings. The molecule has 0 fully saturated rings. The van der Waals surface area contributed by atoms with E-state index in [9.17, 15) is 14.0 Å². The Balaban J connectivity index is 0.000000315. The summed E-state index contributed by atoms with van der Waals surface area (Å²) >= 11 is 0. The van der Waals surface area contributed by atoms with Crippen molar-refractivity contribution < 1.29 is 19.1 Å². The molecular weight excluding hydrogens is 273 g/mol. The van der Waals surface area contributed by atoms with Crippen LogP contribution in [-0.4, -0.2) is 22.9 Å². The fraction of sp³-hybridized carbons (Fsp3) is 0.125. The van der Waals surface area contributed by atoms with E-state index in [1.165, 1.54) is 25.1 Å². The minimum atomic E-state index is -0.963. The first-order valence-corrected chi connectivity index (χ1v) is 6.25. The zero-order valence-electron chi connectivity index (χ0n) is 11.5. The van der Waals surface area contributed by atoms with Gasteiger partial charge < -0.3 is 10.8 Å². The minimum Gasteiger partial charge on any atom is -0.480 e. The van der Waals surface area contributed by atoms with E-state index in [2.05, 4.69) is 0 Å². The van der Waals surface area contributed by atoms with Gasteiger partial charge >= 0.3 is 5.97 Å². The van der Waals surface area contributed by atoms with Gasteiger partial charge in [-0.05, 0) is 19.1 Å². The van der Waals surface area contributed by atoms with Gasteiger partial charge in [0.05, 0.1) is 0 Å². The lowest BCUT2D eigenvalue weighted by Crippen LogP contribution is -2.25. The highest BCUT2D eigenvalue weighted by molar-refractivity contribution is 6.08. The maximum absolute atomic E-state index is 12.9. The van der Waals surface area contributed by atoms with Crippen LogP contribution in [0, 0.1) is 5.82 Å². The first-order chi connectivity index (χ1) is 9.91. The molecule has 0 amide bonds. The summed E-state index contributed by atoms with van der Waals surface area (Å²) in [5.74, 6) is -1.51. The largest absolute Gasteiger partial charge is 0.480 e. The molecule has 0 saturated heterocycles. The molecule has 0 radical (unpaired) electrons. The fourth-order valence-electron chi connectivity index (χ4n) is 1.39. The summed E-state index contributed by atoms with van der Waals surface area (Å²) in [7, 11) is 0. The van der Waals surface area contributed by atoms with Gasteiger partial charge in [-0.2, -0.15) is 0 Å². The highest BCUT2D eigenvalue weighted by atomic mass is 19.1. The highest BCUT2D eigenvalue weighted by Gasteiger charge is 2.08. The van der Waals surface area contributed by atoms with Crippen molar-refractivity contribution in [2.45, 2.75) is 13.0 Å². The summed E-state index contributed by atoms with van der Waals surface area (Å²) < 4.78 is 12.9. The van der Waals surface area contributed by atoms with Crippen LogP contribution in [0.3, 0.4) is 0 Å². The number of halogens is 1. The van der Waals surface area contributed by atoms with Crippen LogP contribution >= 0.6 is 0 Å². The SMILES string of the molecule is CC(N)C(=O)O.O=C(c1ccccc1)c1cccc(F)c1. The second-order valence-corrected chi connectivity index (χ2v) is 4.33. The third-order valence-corrected chi connectivity index (χ3v) is 2.51. The number of aliphatic carboxylic acids is 1. The van der Waals surface area contributed by atoms with Crippen molar-refractivity contribution in [3.8, 4) is 0 Å². The van der Waals surface area contributed by atoms with Gasteiger partial charge in [0.1, 0.15) is 11.9 Å². The van der Waals surface area contributed by atoms with Crippen molar-refractivity contribution in [2.75, 3.05) is 0 Å². The van der Waals surface area contributed by atoms with Crippen LogP contribution in [0.2, 0.25) is 0 Å². The van der Waals surface area contributed by atoms with E-state index < -0.39 is 17.8 Å². The van der Waals surface area contributed by atoms with Gasteiger partial charge in [-0.15, -0.1) is 0 Å². The van der Waals surface area contributed by atoms with E-state index in [-0.39, 0.29) is 5.78 Å². The van der Waals surface area contributed by atoms with Gasteiger partial charge in [0.15, 0.2) is 5.78 Å². The van der Waals surface area contributed by atoms with E-state index in [4.69, 9.17) is 10.8 Å². The number of carbonyl (C=O) groups excluding carboxylic acids is 1. The molecule has 0 heterocycles.